The molecular weight excluding hydrogens is 548 g/mol. The Morgan fingerprint density at radius 3 is 2.50 bits per heavy atom. The van der Waals surface area contributed by atoms with Crippen LogP contribution in [0.2, 0.25) is 18.1 Å². The van der Waals surface area contributed by atoms with Crippen LogP contribution < -0.4 is 0 Å². The average molecular weight is 595 g/mol. The average Bonchev–Trinajstić information content (AvgIpc) is 3.29. The topological polar surface area (TPSA) is 75.6 Å². The summed E-state index contributed by atoms with van der Waals surface area (Å²) in [5.74, 6) is 0. The largest absolute Gasteiger partial charge is 0.408 e. The van der Waals surface area contributed by atoms with Crippen molar-refractivity contribution in [3.8, 4) is 0 Å². The fourth-order valence-electron chi connectivity index (χ4n) is 6.27. The molecule has 6 rings (SSSR count). The zero-order valence-corrected chi connectivity index (χ0v) is 26.5. The van der Waals surface area contributed by atoms with E-state index in [1.54, 1.807) is 0 Å². The summed E-state index contributed by atoms with van der Waals surface area (Å²) in [5, 5.41) is 12.8. The maximum atomic E-state index is 10.3. The van der Waals surface area contributed by atoms with E-state index in [2.05, 4.69) is 94.6 Å². The molecule has 9 atom stereocenters. The van der Waals surface area contributed by atoms with Crippen molar-refractivity contribution < 1.29 is 33.2 Å². The highest BCUT2D eigenvalue weighted by Crippen LogP contribution is 2.41. The van der Waals surface area contributed by atoms with Crippen LogP contribution in [0.5, 0.6) is 0 Å². The number of benzene rings is 2. The first-order valence-electron chi connectivity index (χ1n) is 15.4. The highest BCUT2D eigenvalue weighted by atomic mass is 28.4. The van der Waals surface area contributed by atoms with E-state index < -0.39 is 14.4 Å². The van der Waals surface area contributed by atoms with Gasteiger partial charge in [-0.2, -0.15) is 0 Å². The lowest BCUT2D eigenvalue weighted by Gasteiger charge is -2.50. The Balaban J connectivity index is 1.23. The van der Waals surface area contributed by atoms with E-state index in [1.165, 1.54) is 10.8 Å². The van der Waals surface area contributed by atoms with Gasteiger partial charge in [0, 0.05) is 6.42 Å². The molecule has 0 spiro atoms. The van der Waals surface area contributed by atoms with Gasteiger partial charge >= 0.3 is 0 Å². The molecule has 0 saturated carbocycles. The van der Waals surface area contributed by atoms with E-state index in [4.69, 9.17) is 28.1 Å². The summed E-state index contributed by atoms with van der Waals surface area (Å²) in [6.45, 7) is 12.0. The quantitative estimate of drug-likeness (QED) is 0.340. The molecule has 0 aliphatic carbocycles. The number of aliphatic hydroxyl groups excluding tert-OH is 1. The van der Waals surface area contributed by atoms with Gasteiger partial charge in [-0.1, -0.05) is 81.5 Å². The van der Waals surface area contributed by atoms with E-state index >= 15 is 0 Å². The Morgan fingerprint density at radius 2 is 1.71 bits per heavy atom. The molecule has 42 heavy (non-hydrogen) atoms. The third-order valence-corrected chi connectivity index (χ3v) is 14.1. The van der Waals surface area contributed by atoms with Crippen molar-refractivity contribution in [1.82, 2.24) is 0 Å². The Labute approximate surface area is 250 Å². The molecule has 0 amide bonds. The maximum Gasteiger partial charge on any atom is 0.193 e. The first kappa shape index (κ1) is 30.2. The predicted molar refractivity (Wildman–Crippen MR) is 165 cm³/mol. The van der Waals surface area contributed by atoms with Crippen LogP contribution >= 0.6 is 0 Å². The summed E-state index contributed by atoms with van der Waals surface area (Å²) in [6.07, 6.45) is 7.13. The van der Waals surface area contributed by atoms with Gasteiger partial charge in [0.1, 0.15) is 30.5 Å². The molecule has 4 aliphatic heterocycles. The minimum atomic E-state index is -2.10. The summed E-state index contributed by atoms with van der Waals surface area (Å²) >= 11 is 0. The lowest BCUT2D eigenvalue weighted by atomic mass is 9.87. The Kier molecular flexibility index (Phi) is 8.79. The summed E-state index contributed by atoms with van der Waals surface area (Å²) in [4.78, 5) is 0. The minimum Gasteiger partial charge on any atom is -0.408 e. The van der Waals surface area contributed by atoms with E-state index in [0.29, 0.717) is 19.6 Å². The van der Waals surface area contributed by atoms with Crippen LogP contribution in [-0.2, 0) is 34.7 Å². The number of fused-ring (bicyclic) bond motifs is 4. The molecule has 7 nitrogen and oxygen atoms in total. The van der Waals surface area contributed by atoms with Gasteiger partial charge in [0.2, 0.25) is 0 Å². The molecule has 8 heteroatoms. The molecule has 2 saturated heterocycles. The van der Waals surface area contributed by atoms with Crippen LogP contribution in [0.3, 0.4) is 0 Å². The van der Waals surface area contributed by atoms with E-state index in [9.17, 15) is 5.11 Å². The van der Waals surface area contributed by atoms with Gasteiger partial charge in [0.25, 0.3) is 0 Å². The monoisotopic (exact) mass is 594 g/mol. The molecule has 1 N–H and O–H groups in total. The van der Waals surface area contributed by atoms with Crippen LogP contribution in [-0.4, -0.2) is 81.6 Å². The van der Waals surface area contributed by atoms with Crippen LogP contribution in [0.4, 0.5) is 0 Å². The van der Waals surface area contributed by atoms with Crippen molar-refractivity contribution in [2.45, 2.75) is 113 Å². The van der Waals surface area contributed by atoms with Gasteiger partial charge < -0.3 is 33.2 Å². The van der Waals surface area contributed by atoms with Crippen LogP contribution in [0, 0.1) is 0 Å². The molecule has 2 fully saturated rings. The Hall–Kier alpha value is -1.88. The van der Waals surface area contributed by atoms with Gasteiger partial charge in [-0.25, -0.2) is 0 Å². The molecule has 0 unspecified atom stereocenters. The molecule has 0 radical (unpaired) electrons. The molecule has 0 aromatic heterocycles. The van der Waals surface area contributed by atoms with Crippen molar-refractivity contribution in [3.63, 3.8) is 0 Å². The first-order chi connectivity index (χ1) is 20.1. The lowest BCUT2D eigenvalue weighted by Crippen LogP contribution is -2.64. The highest BCUT2D eigenvalue weighted by Gasteiger charge is 2.53. The van der Waals surface area contributed by atoms with Gasteiger partial charge in [-0.05, 0) is 47.0 Å². The van der Waals surface area contributed by atoms with Crippen molar-refractivity contribution in [3.05, 3.63) is 72.3 Å². The smallest absolute Gasteiger partial charge is 0.193 e. The molecule has 2 aromatic carbocycles. The molecule has 0 bridgehead atoms. The van der Waals surface area contributed by atoms with Crippen LogP contribution in [0.25, 0.3) is 10.8 Å². The summed E-state index contributed by atoms with van der Waals surface area (Å²) in [5.41, 5.74) is 1.11. The van der Waals surface area contributed by atoms with Crippen molar-refractivity contribution in [1.29, 1.82) is 0 Å². The summed E-state index contributed by atoms with van der Waals surface area (Å²) in [6, 6.07) is 14.8. The van der Waals surface area contributed by atoms with Crippen molar-refractivity contribution >= 4 is 19.1 Å². The highest BCUT2D eigenvalue weighted by molar-refractivity contribution is 6.74. The third-order valence-electron chi connectivity index (χ3n) is 9.67. The fourth-order valence-corrected chi connectivity index (χ4v) is 7.53. The van der Waals surface area contributed by atoms with E-state index in [-0.39, 0.29) is 60.5 Å². The zero-order valence-electron chi connectivity index (χ0n) is 25.5. The second-order valence-electron chi connectivity index (χ2n) is 13.6. The lowest BCUT2D eigenvalue weighted by molar-refractivity contribution is -0.295. The Bertz CT molecular complexity index is 1290. The molecule has 228 valence electrons. The fraction of sp³-hybridized carbons (Fsp3) is 0.588. The number of aliphatic hydroxyl groups is 1. The van der Waals surface area contributed by atoms with E-state index in [1.807, 2.05) is 6.08 Å². The van der Waals surface area contributed by atoms with Crippen molar-refractivity contribution in [2.24, 2.45) is 0 Å². The standard InChI is InChI=1S/C34H46O7Si/c1-34(2,3)42(4,5)41-26-16-15-25-28(39-30(26)20-35)19-29-32(40-25)33(31-27(38-29)12-8-9-17-36-31)37-21-22-13-14-23-10-6-7-11-24(23)18-22/h6-11,13-16,18,25-33,35H,12,17,19-21H2,1-5H3/t25-,26+,27+,28+,29-,30-,31+,32-,33-/m1/s1. The molecule has 2 aromatic rings. The summed E-state index contributed by atoms with van der Waals surface area (Å²) in [7, 11) is -2.10. The molecule has 4 heterocycles. The Morgan fingerprint density at radius 1 is 0.905 bits per heavy atom. The van der Waals surface area contributed by atoms with Crippen molar-refractivity contribution in [2.75, 3.05) is 13.2 Å². The number of rotatable bonds is 6. The predicted octanol–water partition coefficient (Wildman–Crippen LogP) is 5.70. The molecule has 4 aliphatic rings. The minimum absolute atomic E-state index is 0.0399. The van der Waals surface area contributed by atoms with Gasteiger partial charge in [0.15, 0.2) is 8.32 Å². The van der Waals surface area contributed by atoms with Crippen LogP contribution in [0.15, 0.2) is 66.8 Å². The normalized spacial score (nSPS) is 35.1. The van der Waals surface area contributed by atoms with Gasteiger partial charge in [-0.3, -0.25) is 0 Å². The number of hydrogen-bond acceptors (Lipinski definition) is 7. The summed E-state index contributed by atoms with van der Waals surface area (Å²) < 4.78 is 39.7. The van der Waals surface area contributed by atoms with E-state index in [0.717, 1.165) is 12.0 Å². The zero-order chi connectivity index (χ0) is 29.5. The molecular formula is C34H46O7Si. The van der Waals surface area contributed by atoms with Crippen LogP contribution in [0.1, 0.15) is 39.2 Å². The third kappa shape index (κ3) is 6.19. The second-order valence-corrected chi connectivity index (χ2v) is 18.4. The second kappa shape index (κ2) is 12.2. The first-order valence-corrected chi connectivity index (χ1v) is 18.3. The SMILES string of the molecule is CC(C)(C)[Si](C)(C)O[C@H]1C=C[C@H]2O[C@H]3[C@H](OCc4ccc5ccccc5c4)[C@H]4OCC=CC[C@@H]4O[C@@H]3C[C@@H]2O[C@@H]1CO. The number of hydrogen-bond donors (Lipinski definition) is 1. The van der Waals surface area contributed by atoms with Gasteiger partial charge in [-0.15, -0.1) is 0 Å². The van der Waals surface area contributed by atoms with Gasteiger partial charge in [0.05, 0.1) is 44.2 Å². The maximum absolute atomic E-state index is 10.3. The number of ether oxygens (including phenoxy) is 5.